The van der Waals surface area contributed by atoms with E-state index in [-0.39, 0.29) is 18.1 Å². The Morgan fingerprint density at radius 3 is 3.08 bits per heavy atom. The molecule has 70 valence electrons. The number of carbonyl (C=O) groups excluding carboxylic acids is 1. The van der Waals surface area contributed by atoms with Gasteiger partial charge in [-0.1, -0.05) is 0 Å². The number of hydrogen-bond acceptors (Lipinski definition) is 4. The maximum absolute atomic E-state index is 10.9. The highest BCUT2D eigenvalue weighted by molar-refractivity contribution is 9.10. The Kier molecular flexibility index (Phi) is 3.25. The third-order valence-corrected chi connectivity index (χ3v) is 2.17. The van der Waals surface area contributed by atoms with Gasteiger partial charge in [-0.3, -0.25) is 4.79 Å². The minimum Gasteiger partial charge on any atom is -0.506 e. The minimum absolute atomic E-state index is 0.0297. The molecule has 1 rings (SSSR count). The van der Waals surface area contributed by atoms with E-state index in [0.29, 0.717) is 10.2 Å². The molecule has 0 atom stereocenters. The molecule has 0 saturated heterocycles. The van der Waals surface area contributed by atoms with E-state index >= 15 is 0 Å². The molecular weight excluding hydrogens is 238 g/mol. The summed E-state index contributed by atoms with van der Waals surface area (Å²) in [6, 6.07) is 1.47. The summed E-state index contributed by atoms with van der Waals surface area (Å²) in [5, 5.41) is 9.09. The zero-order valence-corrected chi connectivity index (χ0v) is 8.54. The van der Waals surface area contributed by atoms with E-state index in [4.69, 9.17) is 5.11 Å². The number of pyridine rings is 1. The summed E-state index contributed by atoms with van der Waals surface area (Å²) in [5.74, 6) is -0.338. The second-order valence-electron chi connectivity index (χ2n) is 2.40. The lowest BCUT2D eigenvalue weighted by Crippen LogP contribution is -2.05. The molecule has 0 spiro atoms. The second-order valence-corrected chi connectivity index (χ2v) is 3.15. The van der Waals surface area contributed by atoms with Gasteiger partial charge in [-0.25, -0.2) is 4.98 Å². The molecule has 0 aliphatic heterocycles. The van der Waals surface area contributed by atoms with Crippen LogP contribution < -0.4 is 0 Å². The van der Waals surface area contributed by atoms with Gasteiger partial charge in [0.05, 0.1) is 19.7 Å². The average molecular weight is 246 g/mol. The van der Waals surface area contributed by atoms with Crippen LogP contribution in [0.3, 0.4) is 0 Å². The lowest BCUT2D eigenvalue weighted by atomic mass is 10.2. The van der Waals surface area contributed by atoms with E-state index in [0.717, 1.165) is 0 Å². The van der Waals surface area contributed by atoms with E-state index < -0.39 is 0 Å². The highest BCUT2D eigenvalue weighted by Crippen LogP contribution is 2.19. The number of rotatable bonds is 2. The number of halogens is 1. The summed E-state index contributed by atoms with van der Waals surface area (Å²) in [5.41, 5.74) is 0.604. The smallest absolute Gasteiger partial charge is 0.310 e. The van der Waals surface area contributed by atoms with Crippen molar-refractivity contribution in [2.24, 2.45) is 0 Å². The fourth-order valence-electron chi connectivity index (χ4n) is 0.833. The number of nitrogens with zero attached hydrogens (tertiary/aromatic N) is 1. The SMILES string of the molecule is COC(=O)Cc1cc(O)cnc1Br. The third-order valence-electron chi connectivity index (χ3n) is 1.46. The molecule has 0 aromatic carbocycles. The molecule has 1 heterocycles. The van der Waals surface area contributed by atoms with Gasteiger partial charge in [0.25, 0.3) is 0 Å². The van der Waals surface area contributed by atoms with E-state index in [1.165, 1.54) is 19.4 Å². The Bertz CT molecular complexity index is 327. The average Bonchev–Trinajstić information content (AvgIpc) is 2.11. The van der Waals surface area contributed by atoms with Gasteiger partial charge >= 0.3 is 5.97 Å². The summed E-state index contributed by atoms with van der Waals surface area (Å²) >= 11 is 3.16. The topological polar surface area (TPSA) is 59.4 Å². The number of ether oxygens (including phenoxy) is 1. The van der Waals surface area contributed by atoms with Crippen molar-refractivity contribution in [2.45, 2.75) is 6.42 Å². The van der Waals surface area contributed by atoms with Crippen LogP contribution >= 0.6 is 15.9 Å². The molecule has 0 saturated carbocycles. The largest absolute Gasteiger partial charge is 0.506 e. The minimum atomic E-state index is -0.367. The first-order valence-corrected chi connectivity index (χ1v) is 4.33. The Labute approximate surface area is 83.7 Å². The predicted octanol–water partition coefficient (Wildman–Crippen LogP) is 1.27. The molecule has 0 aliphatic rings. The lowest BCUT2D eigenvalue weighted by Gasteiger charge is -2.02. The van der Waals surface area contributed by atoms with Crippen LogP contribution in [0.2, 0.25) is 0 Å². The van der Waals surface area contributed by atoms with Gasteiger partial charge in [0.2, 0.25) is 0 Å². The van der Waals surface area contributed by atoms with Crippen molar-refractivity contribution in [1.82, 2.24) is 4.98 Å². The quantitative estimate of drug-likeness (QED) is 0.630. The monoisotopic (exact) mass is 245 g/mol. The van der Waals surface area contributed by atoms with Crippen LogP contribution in [0.25, 0.3) is 0 Å². The van der Waals surface area contributed by atoms with Crippen molar-refractivity contribution in [3.8, 4) is 5.75 Å². The number of esters is 1. The van der Waals surface area contributed by atoms with Gasteiger partial charge in [0.1, 0.15) is 10.4 Å². The summed E-state index contributed by atoms with van der Waals surface area (Å²) in [6.45, 7) is 0. The van der Waals surface area contributed by atoms with Crippen LogP contribution in [0, 0.1) is 0 Å². The molecule has 1 aromatic rings. The fraction of sp³-hybridized carbons (Fsp3) is 0.250. The molecule has 4 nitrogen and oxygen atoms in total. The van der Waals surface area contributed by atoms with Gasteiger partial charge in [0, 0.05) is 0 Å². The molecule has 13 heavy (non-hydrogen) atoms. The van der Waals surface area contributed by atoms with E-state index in [1.54, 1.807) is 0 Å². The van der Waals surface area contributed by atoms with Crippen molar-refractivity contribution in [2.75, 3.05) is 7.11 Å². The molecule has 1 aromatic heterocycles. The first kappa shape index (κ1) is 9.98. The van der Waals surface area contributed by atoms with Gasteiger partial charge in [-0.05, 0) is 27.6 Å². The lowest BCUT2D eigenvalue weighted by molar-refractivity contribution is -0.139. The van der Waals surface area contributed by atoms with Crippen LogP contribution in [0.15, 0.2) is 16.9 Å². The molecule has 0 bridgehead atoms. The van der Waals surface area contributed by atoms with Crippen LogP contribution in [0.5, 0.6) is 5.75 Å². The predicted molar refractivity (Wildman–Crippen MR) is 49.3 cm³/mol. The molecule has 1 N–H and O–H groups in total. The Morgan fingerprint density at radius 1 is 1.77 bits per heavy atom. The highest BCUT2D eigenvalue weighted by Gasteiger charge is 2.08. The fourth-order valence-corrected chi connectivity index (χ4v) is 1.19. The Balaban J connectivity index is 2.87. The number of aromatic hydroxyl groups is 1. The maximum Gasteiger partial charge on any atom is 0.310 e. The number of hydrogen-bond donors (Lipinski definition) is 1. The van der Waals surface area contributed by atoms with E-state index in [9.17, 15) is 4.79 Å². The van der Waals surface area contributed by atoms with Gasteiger partial charge in [-0.15, -0.1) is 0 Å². The summed E-state index contributed by atoms with van der Waals surface area (Å²) in [4.78, 5) is 14.7. The highest BCUT2D eigenvalue weighted by atomic mass is 79.9. The maximum atomic E-state index is 10.9. The zero-order valence-electron chi connectivity index (χ0n) is 6.95. The van der Waals surface area contributed by atoms with E-state index in [1.807, 2.05) is 0 Å². The molecule has 0 radical (unpaired) electrons. The summed E-state index contributed by atoms with van der Waals surface area (Å²) < 4.78 is 5.02. The summed E-state index contributed by atoms with van der Waals surface area (Å²) in [7, 11) is 1.31. The normalized spacial score (nSPS) is 9.69. The van der Waals surface area contributed by atoms with Crippen LogP contribution in [-0.2, 0) is 16.0 Å². The summed E-state index contributed by atoms with van der Waals surface area (Å²) in [6.07, 6.45) is 1.39. The molecule has 5 heteroatoms. The number of aromatic nitrogens is 1. The molecule has 0 amide bonds. The van der Waals surface area contributed by atoms with Crippen molar-refractivity contribution in [3.05, 3.63) is 22.4 Å². The molecular formula is C8H8BrNO3. The van der Waals surface area contributed by atoms with Crippen molar-refractivity contribution in [1.29, 1.82) is 0 Å². The molecule has 0 fully saturated rings. The Morgan fingerprint density at radius 2 is 2.46 bits per heavy atom. The standard InChI is InChI=1S/C8H8BrNO3/c1-13-7(12)3-5-2-6(11)4-10-8(5)9/h2,4,11H,3H2,1H3. The first-order valence-electron chi connectivity index (χ1n) is 3.53. The van der Waals surface area contributed by atoms with Crippen molar-refractivity contribution >= 4 is 21.9 Å². The van der Waals surface area contributed by atoms with Crippen molar-refractivity contribution < 1.29 is 14.6 Å². The Hall–Kier alpha value is -1.10. The van der Waals surface area contributed by atoms with Gasteiger partial charge in [0.15, 0.2) is 0 Å². The second kappa shape index (κ2) is 4.23. The zero-order chi connectivity index (χ0) is 9.84. The number of carbonyl (C=O) groups is 1. The molecule has 0 unspecified atom stereocenters. The molecule has 0 aliphatic carbocycles. The van der Waals surface area contributed by atoms with Crippen LogP contribution in [0.1, 0.15) is 5.56 Å². The van der Waals surface area contributed by atoms with Crippen LogP contribution in [-0.4, -0.2) is 23.2 Å². The number of methoxy groups -OCH3 is 1. The van der Waals surface area contributed by atoms with Crippen molar-refractivity contribution in [3.63, 3.8) is 0 Å². The van der Waals surface area contributed by atoms with E-state index in [2.05, 4.69) is 25.7 Å². The van der Waals surface area contributed by atoms with Crippen LogP contribution in [0.4, 0.5) is 0 Å². The third kappa shape index (κ3) is 2.69. The first-order chi connectivity index (χ1) is 6.13. The van der Waals surface area contributed by atoms with Gasteiger partial charge < -0.3 is 9.84 Å². The van der Waals surface area contributed by atoms with Gasteiger partial charge in [-0.2, -0.15) is 0 Å².